The van der Waals surface area contributed by atoms with Gasteiger partial charge < -0.3 is 4.90 Å². The molecule has 1 aliphatic rings. The van der Waals surface area contributed by atoms with E-state index in [9.17, 15) is 4.39 Å². The largest absolute Gasteiger partial charge is 0.345 e. The van der Waals surface area contributed by atoms with Crippen molar-refractivity contribution in [2.75, 3.05) is 11.4 Å². The van der Waals surface area contributed by atoms with Gasteiger partial charge in [-0.05, 0) is 24.3 Å². The number of anilines is 1. The molecular formula is C10H10FN. The van der Waals surface area contributed by atoms with Crippen LogP contribution in [0.1, 0.15) is 6.42 Å². The summed E-state index contributed by atoms with van der Waals surface area (Å²) in [6.45, 7) is 4.88. The summed E-state index contributed by atoms with van der Waals surface area (Å²) >= 11 is 0. The number of rotatable bonds is 1. The molecule has 0 bridgehead atoms. The minimum atomic E-state index is -0.190. The average Bonchev–Trinajstić information content (AvgIpc) is 2.06. The molecule has 0 aromatic heterocycles. The van der Waals surface area contributed by atoms with Crippen molar-refractivity contribution in [2.45, 2.75) is 6.42 Å². The molecule has 1 saturated heterocycles. The molecule has 2 rings (SSSR count). The number of benzene rings is 1. The van der Waals surface area contributed by atoms with Crippen LogP contribution in [0.4, 0.5) is 10.1 Å². The maximum absolute atomic E-state index is 12.5. The predicted octanol–water partition coefficient (Wildman–Crippen LogP) is 2.55. The highest BCUT2D eigenvalue weighted by Gasteiger charge is 2.18. The predicted molar refractivity (Wildman–Crippen MR) is 47.5 cm³/mol. The lowest BCUT2D eigenvalue weighted by atomic mass is 10.1. The number of hydrogen-bond acceptors (Lipinski definition) is 1. The van der Waals surface area contributed by atoms with E-state index in [-0.39, 0.29) is 5.82 Å². The first-order valence-electron chi connectivity index (χ1n) is 3.98. The first-order valence-corrected chi connectivity index (χ1v) is 3.98. The molecule has 0 saturated carbocycles. The molecule has 62 valence electrons. The van der Waals surface area contributed by atoms with Gasteiger partial charge in [0, 0.05) is 24.4 Å². The Labute approximate surface area is 71.1 Å². The molecule has 1 nitrogen and oxygen atoms in total. The lowest BCUT2D eigenvalue weighted by Gasteiger charge is -2.35. The summed E-state index contributed by atoms with van der Waals surface area (Å²) in [5, 5.41) is 0. The average molecular weight is 163 g/mol. The van der Waals surface area contributed by atoms with Gasteiger partial charge in [0.2, 0.25) is 0 Å². The molecule has 0 radical (unpaired) electrons. The third kappa shape index (κ3) is 1.09. The Balaban J connectivity index is 2.23. The molecule has 1 aliphatic heterocycles. The highest BCUT2D eigenvalue weighted by atomic mass is 19.1. The minimum absolute atomic E-state index is 0.190. The van der Waals surface area contributed by atoms with Crippen molar-refractivity contribution < 1.29 is 4.39 Å². The van der Waals surface area contributed by atoms with Crippen molar-refractivity contribution in [3.63, 3.8) is 0 Å². The molecule has 1 fully saturated rings. The molecule has 0 atom stereocenters. The quantitative estimate of drug-likeness (QED) is 0.615. The topological polar surface area (TPSA) is 3.24 Å². The SMILES string of the molecule is C=C1CCN1c1ccc(F)cc1. The van der Waals surface area contributed by atoms with Crippen molar-refractivity contribution in [2.24, 2.45) is 0 Å². The fourth-order valence-electron chi connectivity index (χ4n) is 1.31. The highest BCUT2D eigenvalue weighted by molar-refractivity contribution is 5.55. The molecule has 2 heteroatoms. The molecule has 1 aromatic rings. The van der Waals surface area contributed by atoms with Gasteiger partial charge in [-0.2, -0.15) is 0 Å². The van der Waals surface area contributed by atoms with Crippen LogP contribution >= 0.6 is 0 Å². The van der Waals surface area contributed by atoms with E-state index in [4.69, 9.17) is 0 Å². The van der Waals surface area contributed by atoms with Crippen molar-refractivity contribution >= 4 is 5.69 Å². The highest BCUT2D eigenvalue weighted by Crippen LogP contribution is 2.27. The molecule has 0 unspecified atom stereocenters. The summed E-state index contributed by atoms with van der Waals surface area (Å²) in [7, 11) is 0. The fraction of sp³-hybridized carbons (Fsp3) is 0.200. The summed E-state index contributed by atoms with van der Waals surface area (Å²) in [5.41, 5.74) is 2.15. The molecule has 1 heterocycles. The van der Waals surface area contributed by atoms with E-state index >= 15 is 0 Å². The Bertz CT molecular complexity index is 302. The lowest BCUT2D eigenvalue weighted by molar-refractivity contribution is 0.627. The van der Waals surface area contributed by atoms with Crippen molar-refractivity contribution in [1.82, 2.24) is 0 Å². The van der Waals surface area contributed by atoms with Crippen molar-refractivity contribution in [1.29, 1.82) is 0 Å². The van der Waals surface area contributed by atoms with E-state index in [1.807, 2.05) is 0 Å². The summed E-state index contributed by atoms with van der Waals surface area (Å²) in [6.07, 6.45) is 1.05. The number of hydrogen-bond donors (Lipinski definition) is 0. The second-order valence-electron chi connectivity index (χ2n) is 2.94. The normalized spacial score (nSPS) is 16.1. The van der Waals surface area contributed by atoms with Crippen LogP contribution in [0.15, 0.2) is 36.5 Å². The Morgan fingerprint density at radius 3 is 2.33 bits per heavy atom. The molecule has 0 amide bonds. The van der Waals surface area contributed by atoms with Gasteiger partial charge in [-0.1, -0.05) is 6.58 Å². The van der Waals surface area contributed by atoms with Crippen LogP contribution in [-0.2, 0) is 0 Å². The van der Waals surface area contributed by atoms with Crippen LogP contribution in [0.5, 0.6) is 0 Å². The van der Waals surface area contributed by atoms with E-state index in [2.05, 4.69) is 11.5 Å². The van der Waals surface area contributed by atoms with Gasteiger partial charge >= 0.3 is 0 Å². The maximum Gasteiger partial charge on any atom is 0.123 e. The van der Waals surface area contributed by atoms with Crippen molar-refractivity contribution in [3.8, 4) is 0 Å². The van der Waals surface area contributed by atoms with Gasteiger partial charge in [0.25, 0.3) is 0 Å². The van der Waals surface area contributed by atoms with Crippen LogP contribution in [0, 0.1) is 5.82 Å². The molecule has 0 spiro atoms. The monoisotopic (exact) mass is 163 g/mol. The second kappa shape index (κ2) is 2.63. The van der Waals surface area contributed by atoms with Gasteiger partial charge in [-0.3, -0.25) is 0 Å². The Kier molecular flexibility index (Phi) is 1.61. The van der Waals surface area contributed by atoms with E-state index < -0.39 is 0 Å². The zero-order chi connectivity index (χ0) is 8.55. The Morgan fingerprint density at radius 1 is 1.25 bits per heavy atom. The van der Waals surface area contributed by atoms with Crippen LogP contribution in [0.3, 0.4) is 0 Å². The summed E-state index contributed by atoms with van der Waals surface area (Å²) in [6, 6.07) is 6.50. The zero-order valence-corrected chi connectivity index (χ0v) is 6.76. The van der Waals surface area contributed by atoms with Gasteiger partial charge in [0.15, 0.2) is 0 Å². The minimum Gasteiger partial charge on any atom is -0.345 e. The molecule has 0 aliphatic carbocycles. The third-order valence-corrected chi connectivity index (χ3v) is 2.14. The maximum atomic E-state index is 12.5. The number of nitrogens with zero attached hydrogens (tertiary/aromatic N) is 1. The first-order chi connectivity index (χ1) is 5.77. The van der Waals surface area contributed by atoms with E-state index in [1.54, 1.807) is 12.1 Å². The van der Waals surface area contributed by atoms with Gasteiger partial charge in [-0.25, -0.2) is 4.39 Å². The van der Waals surface area contributed by atoms with Gasteiger partial charge in [0.1, 0.15) is 5.82 Å². The number of halogens is 1. The van der Waals surface area contributed by atoms with Crippen molar-refractivity contribution in [3.05, 3.63) is 42.4 Å². The van der Waals surface area contributed by atoms with Crippen LogP contribution in [-0.4, -0.2) is 6.54 Å². The lowest BCUT2D eigenvalue weighted by Crippen LogP contribution is -2.33. The van der Waals surface area contributed by atoms with E-state index in [1.165, 1.54) is 12.1 Å². The zero-order valence-electron chi connectivity index (χ0n) is 6.76. The second-order valence-corrected chi connectivity index (χ2v) is 2.94. The summed E-state index contributed by atoms with van der Waals surface area (Å²) in [4.78, 5) is 2.08. The van der Waals surface area contributed by atoms with Crippen LogP contribution in [0.2, 0.25) is 0 Å². The standard InChI is InChI=1S/C10H10FN/c1-8-6-7-12(8)10-4-2-9(11)3-5-10/h2-5H,1,6-7H2. The molecular weight excluding hydrogens is 153 g/mol. The Hall–Kier alpha value is -1.31. The fourth-order valence-corrected chi connectivity index (χ4v) is 1.31. The summed E-state index contributed by atoms with van der Waals surface area (Å²) in [5.74, 6) is -0.190. The molecule has 0 N–H and O–H groups in total. The summed E-state index contributed by atoms with van der Waals surface area (Å²) < 4.78 is 12.5. The molecule has 12 heavy (non-hydrogen) atoms. The van der Waals surface area contributed by atoms with E-state index in [0.29, 0.717) is 0 Å². The smallest absolute Gasteiger partial charge is 0.123 e. The van der Waals surface area contributed by atoms with Crippen LogP contribution in [0.25, 0.3) is 0 Å². The molecule has 1 aromatic carbocycles. The van der Waals surface area contributed by atoms with Crippen LogP contribution < -0.4 is 4.90 Å². The Morgan fingerprint density at radius 2 is 1.92 bits per heavy atom. The third-order valence-electron chi connectivity index (χ3n) is 2.14. The van der Waals surface area contributed by atoms with Gasteiger partial charge in [0.05, 0.1) is 0 Å². The van der Waals surface area contributed by atoms with E-state index in [0.717, 1.165) is 24.4 Å². The van der Waals surface area contributed by atoms with Gasteiger partial charge in [-0.15, -0.1) is 0 Å². The first kappa shape index (κ1) is 7.35.